The first-order valence-electron chi connectivity index (χ1n) is 4.94. The van der Waals surface area contributed by atoms with E-state index in [9.17, 15) is 4.79 Å². The molecule has 0 aliphatic heterocycles. The van der Waals surface area contributed by atoms with Crippen LogP contribution in [0.15, 0.2) is 30.3 Å². The number of esters is 1. The van der Waals surface area contributed by atoms with Crippen LogP contribution in [0.1, 0.15) is 13.8 Å². The Morgan fingerprint density at radius 3 is 2.27 bits per heavy atom. The average molecular weight is 208 g/mol. The standard InChI is InChI=1S/C12H16O3/c1-9(2)11(12(13)14-3)15-10-7-5-4-6-8-10/h4-9,11H,1-3H3/t11-/m1/s1. The Morgan fingerprint density at radius 1 is 1.20 bits per heavy atom. The molecule has 0 bridgehead atoms. The van der Waals surface area contributed by atoms with E-state index in [0.29, 0.717) is 5.75 Å². The van der Waals surface area contributed by atoms with Gasteiger partial charge in [0.1, 0.15) is 5.75 Å². The molecule has 0 unspecified atom stereocenters. The molecule has 0 amide bonds. The van der Waals surface area contributed by atoms with Gasteiger partial charge >= 0.3 is 5.97 Å². The molecule has 0 heterocycles. The van der Waals surface area contributed by atoms with Gasteiger partial charge < -0.3 is 9.47 Å². The summed E-state index contributed by atoms with van der Waals surface area (Å²) in [7, 11) is 1.37. The van der Waals surface area contributed by atoms with Crippen molar-refractivity contribution in [3.63, 3.8) is 0 Å². The maximum atomic E-state index is 11.4. The molecule has 0 fully saturated rings. The summed E-state index contributed by atoms with van der Waals surface area (Å²) in [5.74, 6) is 0.424. The SMILES string of the molecule is COC(=O)[C@H](Oc1ccccc1)C(C)C. The quantitative estimate of drug-likeness (QED) is 0.712. The minimum absolute atomic E-state index is 0.0812. The number of carbonyl (C=O) groups excluding carboxylic acids is 1. The van der Waals surface area contributed by atoms with E-state index in [-0.39, 0.29) is 11.9 Å². The van der Waals surface area contributed by atoms with E-state index in [1.807, 2.05) is 44.2 Å². The summed E-state index contributed by atoms with van der Waals surface area (Å²) in [4.78, 5) is 11.4. The predicted molar refractivity (Wildman–Crippen MR) is 57.7 cm³/mol. The number of benzene rings is 1. The van der Waals surface area contributed by atoms with Gasteiger partial charge in [-0.05, 0) is 12.1 Å². The van der Waals surface area contributed by atoms with Gasteiger partial charge in [0.05, 0.1) is 7.11 Å². The van der Waals surface area contributed by atoms with Crippen molar-refractivity contribution in [1.29, 1.82) is 0 Å². The minimum Gasteiger partial charge on any atom is -0.478 e. The van der Waals surface area contributed by atoms with Gasteiger partial charge in [0.15, 0.2) is 6.10 Å². The summed E-state index contributed by atoms with van der Waals surface area (Å²) >= 11 is 0. The molecule has 0 N–H and O–H groups in total. The van der Waals surface area contributed by atoms with Crippen molar-refractivity contribution in [3.05, 3.63) is 30.3 Å². The van der Waals surface area contributed by atoms with E-state index >= 15 is 0 Å². The number of carbonyl (C=O) groups is 1. The molecule has 1 rings (SSSR count). The average Bonchev–Trinajstić information content (AvgIpc) is 2.26. The van der Waals surface area contributed by atoms with Crippen LogP contribution in [-0.2, 0) is 9.53 Å². The van der Waals surface area contributed by atoms with E-state index in [1.165, 1.54) is 7.11 Å². The van der Waals surface area contributed by atoms with Crippen LogP contribution in [0.2, 0.25) is 0 Å². The predicted octanol–water partition coefficient (Wildman–Crippen LogP) is 2.26. The zero-order valence-corrected chi connectivity index (χ0v) is 9.27. The van der Waals surface area contributed by atoms with Crippen molar-refractivity contribution in [2.24, 2.45) is 5.92 Å². The number of methoxy groups -OCH3 is 1. The van der Waals surface area contributed by atoms with Crippen molar-refractivity contribution in [3.8, 4) is 5.75 Å². The highest BCUT2D eigenvalue weighted by atomic mass is 16.6. The fourth-order valence-corrected chi connectivity index (χ4v) is 1.22. The Bertz CT molecular complexity index is 306. The van der Waals surface area contributed by atoms with Gasteiger partial charge in [0.25, 0.3) is 0 Å². The number of hydrogen-bond acceptors (Lipinski definition) is 3. The van der Waals surface area contributed by atoms with Gasteiger partial charge in [0, 0.05) is 5.92 Å². The lowest BCUT2D eigenvalue weighted by atomic mass is 10.1. The second-order valence-corrected chi connectivity index (χ2v) is 3.62. The molecule has 0 aliphatic carbocycles. The Labute approximate surface area is 90.0 Å². The van der Waals surface area contributed by atoms with Crippen molar-refractivity contribution in [2.45, 2.75) is 20.0 Å². The van der Waals surface area contributed by atoms with Crippen LogP contribution in [0.4, 0.5) is 0 Å². The minimum atomic E-state index is -0.544. The highest BCUT2D eigenvalue weighted by Crippen LogP contribution is 2.16. The highest BCUT2D eigenvalue weighted by molar-refractivity contribution is 5.75. The Morgan fingerprint density at radius 2 is 1.80 bits per heavy atom. The van der Waals surface area contributed by atoms with Crippen LogP contribution in [0.3, 0.4) is 0 Å². The molecule has 0 spiro atoms. The molecule has 1 atom stereocenters. The van der Waals surface area contributed by atoms with Crippen LogP contribution in [0, 0.1) is 5.92 Å². The van der Waals surface area contributed by atoms with E-state index in [0.717, 1.165) is 0 Å². The molecule has 0 aliphatic rings. The molecular formula is C12H16O3. The molecule has 0 saturated heterocycles. The fourth-order valence-electron chi connectivity index (χ4n) is 1.22. The summed E-state index contributed by atoms with van der Waals surface area (Å²) in [5.41, 5.74) is 0. The molecule has 15 heavy (non-hydrogen) atoms. The van der Waals surface area contributed by atoms with E-state index < -0.39 is 6.10 Å². The molecule has 82 valence electrons. The van der Waals surface area contributed by atoms with Gasteiger partial charge in [-0.15, -0.1) is 0 Å². The third kappa shape index (κ3) is 3.27. The van der Waals surface area contributed by atoms with Gasteiger partial charge in [-0.1, -0.05) is 32.0 Å². The lowest BCUT2D eigenvalue weighted by Crippen LogP contribution is -2.33. The second-order valence-electron chi connectivity index (χ2n) is 3.62. The number of para-hydroxylation sites is 1. The van der Waals surface area contributed by atoms with Crippen molar-refractivity contribution < 1.29 is 14.3 Å². The molecular weight excluding hydrogens is 192 g/mol. The Balaban J connectivity index is 2.72. The Hall–Kier alpha value is -1.51. The normalized spacial score (nSPS) is 12.3. The van der Waals surface area contributed by atoms with Gasteiger partial charge in [-0.2, -0.15) is 0 Å². The molecule has 0 saturated carbocycles. The van der Waals surface area contributed by atoms with Crippen LogP contribution in [-0.4, -0.2) is 19.2 Å². The molecule has 0 radical (unpaired) electrons. The number of hydrogen-bond donors (Lipinski definition) is 0. The maximum absolute atomic E-state index is 11.4. The summed E-state index contributed by atoms with van der Waals surface area (Å²) in [6, 6.07) is 9.26. The van der Waals surface area contributed by atoms with Crippen LogP contribution < -0.4 is 4.74 Å². The van der Waals surface area contributed by atoms with E-state index in [4.69, 9.17) is 4.74 Å². The maximum Gasteiger partial charge on any atom is 0.347 e. The molecule has 1 aromatic rings. The summed E-state index contributed by atoms with van der Waals surface area (Å²) < 4.78 is 10.2. The zero-order valence-electron chi connectivity index (χ0n) is 9.27. The first-order valence-corrected chi connectivity index (χ1v) is 4.94. The fraction of sp³-hybridized carbons (Fsp3) is 0.417. The van der Waals surface area contributed by atoms with Crippen LogP contribution >= 0.6 is 0 Å². The second kappa shape index (κ2) is 5.39. The first-order chi connectivity index (χ1) is 7.15. The van der Waals surface area contributed by atoms with Crippen LogP contribution in [0.5, 0.6) is 5.75 Å². The van der Waals surface area contributed by atoms with Crippen LogP contribution in [0.25, 0.3) is 0 Å². The lowest BCUT2D eigenvalue weighted by molar-refractivity contribution is -0.150. The molecule has 3 heteroatoms. The zero-order chi connectivity index (χ0) is 11.3. The first kappa shape index (κ1) is 11.6. The van der Waals surface area contributed by atoms with Gasteiger partial charge in [-0.25, -0.2) is 4.79 Å². The summed E-state index contributed by atoms with van der Waals surface area (Å²) in [6.45, 7) is 3.84. The third-order valence-corrected chi connectivity index (χ3v) is 2.05. The van der Waals surface area contributed by atoms with Crippen molar-refractivity contribution in [2.75, 3.05) is 7.11 Å². The largest absolute Gasteiger partial charge is 0.478 e. The number of ether oxygens (including phenoxy) is 2. The molecule has 1 aromatic carbocycles. The van der Waals surface area contributed by atoms with E-state index in [1.54, 1.807) is 0 Å². The summed E-state index contributed by atoms with van der Waals surface area (Å²) in [6.07, 6.45) is -0.544. The molecule has 0 aromatic heterocycles. The van der Waals surface area contributed by atoms with Gasteiger partial charge in [0.2, 0.25) is 0 Å². The highest BCUT2D eigenvalue weighted by Gasteiger charge is 2.24. The van der Waals surface area contributed by atoms with E-state index in [2.05, 4.69) is 4.74 Å². The smallest absolute Gasteiger partial charge is 0.347 e. The molecule has 3 nitrogen and oxygen atoms in total. The topological polar surface area (TPSA) is 35.5 Å². The number of rotatable bonds is 4. The lowest BCUT2D eigenvalue weighted by Gasteiger charge is -2.19. The summed E-state index contributed by atoms with van der Waals surface area (Å²) in [5, 5.41) is 0. The van der Waals surface area contributed by atoms with Gasteiger partial charge in [-0.3, -0.25) is 0 Å². The van der Waals surface area contributed by atoms with Crippen molar-refractivity contribution in [1.82, 2.24) is 0 Å². The third-order valence-electron chi connectivity index (χ3n) is 2.05. The van der Waals surface area contributed by atoms with Crippen molar-refractivity contribution >= 4 is 5.97 Å². The Kier molecular flexibility index (Phi) is 4.16. The monoisotopic (exact) mass is 208 g/mol.